The maximum atomic E-state index is 12.4. The minimum absolute atomic E-state index is 0.0244. The smallest absolute Gasteiger partial charge is 0.251 e. The van der Waals surface area contributed by atoms with Crippen LogP contribution in [-0.2, 0) is 0 Å². The first-order chi connectivity index (χ1) is 11.3. The average molecular weight is 306 g/mol. The van der Waals surface area contributed by atoms with Crippen LogP contribution in [0.5, 0.6) is 0 Å². The number of rotatable bonds is 3. The van der Waals surface area contributed by atoms with Crippen molar-refractivity contribution < 1.29 is 4.79 Å². The van der Waals surface area contributed by atoms with Gasteiger partial charge in [-0.05, 0) is 25.0 Å². The highest BCUT2D eigenvalue weighted by molar-refractivity contribution is 5.95. The fourth-order valence-electron chi connectivity index (χ4n) is 3.16. The van der Waals surface area contributed by atoms with Gasteiger partial charge in [0, 0.05) is 23.4 Å². The molecular weight excluding hydrogens is 288 g/mol. The highest BCUT2D eigenvalue weighted by Gasteiger charge is 2.18. The predicted octanol–water partition coefficient (Wildman–Crippen LogP) is 3.07. The Morgan fingerprint density at radius 2 is 1.87 bits per heavy atom. The summed E-state index contributed by atoms with van der Waals surface area (Å²) < 4.78 is 1.90. The van der Waals surface area contributed by atoms with E-state index < -0.39 is 0 Å². The molecule has 1 aliphatic carbocycles. The minimum Gasteiger partial charge on any atom is -0.349 e. The van der Waals surface area contributed by atoms with Gasteiger partial charge in [0.25, 0.3) is 5.91 Å². The summed E-state index contributed by atoms with van der Waals surface area (Å²) in [6.45, 7) is 0. The van der Waals surface area contributed by atoms with Crippen LogP contribution in [0.3, 0.4) is 0 Å². The summed E-state index contributed by atoms with van der Waals surface area (Å²) >= 11 is 0. The molecule has 116 valence electrons. The Balaban J connectivity index is 1.63. The quantitative estimate of drug-likeness (QED) is 0.809. The van der Waals surface area contributed by atoms with Crippen molar-refractivity contribution in [1.29, 1.82) is 0 Å². The SMILES string of the molecule is O=C(NC1CCCC1)c1ccn2c(-c3ccccc3)nnc2c1. The first-order valence-corrected chi connectivity index (χ1v) is 8.02. The number of nitrogens with zero attached hydrogens (tertiary/aromatic N) is 3. The Kier molecular flexibility index (Phi) is 3.54. The van der Waals surface area contributed by atoms with Crippen molar-refractivity contribution in [2.45, 2.75) is 31.7 Å². The van der Waals surface area contributed by atoms with E-state index in [1.54, 1.807) is 6.07 Å². The average Bonchev–Trinajstić information content (AvgIpc) is 3.24. The van der Waals surface area contributed by atoms with Gasteiger partial charge in [-0.15, -0.1) is 10.2 Å². The van der Waals surface area contributed by atoms with E-state index in [2.05, 4.69) is 15.5 Å². The molecule has 0 unspecified atom stereocenters. The largest absolute Gasteiger partial charge is 0.349 e. The summed E-state index contributed by atoms with van der Waals surface area (Å²) in [4.78, 5) is 12.4. The highest BCUT2D eigenvalue weighted by atomic mass is 16.1. The van der Waals surface area contributed by atoms with Crippen LogP contribution in [0.15, 0.2) is 48.7 Å². The van der Waals surface area contributed by atoms with Crippen molar-refractivity contribution in [3.05, 3.63) is 54.2 Å². The molecule has 1 N–H and O–H groups in total. The van der Waals surface area contributed by atoms with E-state index in [-0.39, 0.29) is 5.91 Å². The zero-order valence-electron chi connectivity index (χ0n) is 12.8. The van der Waals surface area contributed by atoms with E-state index in [0.29, 0.717) is 17.3 Å². The van der Waals surface area contributed by atoms with Gasteiger partial charge in [0.05, 0.1) is 0 Å². The third-order valence-corrected chi connectivity index (χ3v) is 4.39. The number of hydrogen-bond acceptors (Lipinski definition) is 3. The van der Waals surface area contributed by atoms with Gasteiger partial charge < -0.3 is 5.32 Å². The zero-order chi connectivity index (χ0) is 15.6. The van der Waals surface area contributed by atoms with E-state index in [0.717, 1.165) is 24.2 Å². The first kappa shape index (κ1) is 13.9. The maximum absolute atomic E-state index is 12.4. The third kappa shape index (κ3) is 2.70. The summed E-state index contributed by atoms with van der Waals surface area (Å²) in [7, 11) is 0. The van der Waals surface area contributed by atoms with Crippen molar-refractivity contribution >= 4 is 11.6 Å². The highest BCUT2D eigenvalue weighted by Crippen LogP contribution is 2.20. The van der Waals surface area contributed by atoms with E-state index >= 15 is 0 Å². The van der Waals surface area contributed by atoms with Crippen LogP contribution in [0.4, 0.5) is 0 Å². The van der Waals surface area contributed by atoms with Crippen LogP contribution in [0.25, 0.3) is 17.0 Å². The second-order valence-electron chi connectivity index (χ2n) is 5.99. The van der Waals surface area contributed by atoms with E-state index in [1.165, 1.54) is 12.8 Å². The Morgan fingerprint density at radius 1 is 1.09 bits per heavy atom. The lowest BCUT2D eigenvalue weighted by atomic mass is 10.2. The zero-order valence-corrected chi connectivity index (χ0v) is 12.8. The predicted molar refractivity (Wildman–Crippen MR) is 88.1 cm³/mol. The molecule has 5 nitrogen and oxygen atoms in total. The van der Waals surface area contributed by atoms with Gasteiger partial charge in [-0.25, -0.2) is 0 Å². The molecule has 0 bridgehead atoms. The second-order valence-corrected chi connectivity index (χ2v) is 5.99. The van der Waals surface area contributed by atoms with Gasteiger partial charge in [0.15, 0.2) is 11.5 Å². The normalized spacial score (nSPS) is 15.1. The van der Waals surface area contributed by atoms with Crippen molar-refractivity contribution in [1.82, 2.24) is 19.9 Å². The lowest BCUT2D eigenvalue weighted by molar-refractivity contribution is 0.0938. The van der Waals surface area contributed by atoms with Gasteiger partial charge >= 0.3 is 0 Å². The van der Waals surface area contributed by atoms with Crippen LogP contribution in [0, 0.1) is 0 Å². The summed E-state index contributed by atoms with van der Waals surface area (Å²) in [5.41, 5.74) is 2.32. The molecule has 4 rings (SSSR count). The molecule has 0 atom stereocenters. The molecule has 0 radical (unpaired) electrons. The Bertz CT molecular complexity index is 835. The number of carbonyl (C=O) groups is 1. The van der Waals surface area contributed by atoms with Crippen LogP contribution < -0.4 is 5.32 Å². The monoisotopic (exact) mass is 306 g/mol. The molecule has 1 aliphatic rings. The fourth-order valence-corrected chi connectivity index (χ4v) is 3.16. The molecule has 0 aliphatic heterocycles. The van der Waals surface area contributed by atoms with Crippen molar-refractivity contribution in [2.75, 3.05) is 0 Å². The van der Waals surface area contributed by atoms with Crippen LogP contribution in [0.1, 0.15) is 36.0 Å². The van der Waals surface area contributed by atoms with Crippen LogP contribution >= 0.6 is 0 Å². The summed E-state index contributed by atoms with van der Waals surface area (Å²) in [6.07, 6.45) is 6.43. The van der Waals surface area contributed by atoms with Crippen molar-refractivity contribution in [3.8, 4) is 11.4 Å². The molecular formula is C18H18N4O. The summed E-state index contributed by atoms with van der Waals surface area (Å²) in [5.74, 6) is 0.756. The second kappa shape index (κ2) is 5.83. The van der Waals surface area contributed by atoms with Gasteiger partial charge in [-0.1, -0.05) is 43.2 Å². The number of benzene rings is 1. The molecule has 0 spiro atoms. The summed E-state index contributed by atoms with van der Waals surface area (Å²) in [6, 6.07) is 13.8. The van der Waals surface area contributed by atoms with Crippen molar-refractivity contribution in [3.63, 3.8) is 0 Å². The Morgan fingerprint density at radius 3 is 2.65 bits per heavy atom. The van der Waals surface area contributed by atoms with Crippen molar-refractivity contribution in [2.24, 2.45) is 0 Å². The van der Waals surface area contributed by atoms with E-state index in [4.69, 9.17) is 0 Å². The molecule has 23 heavy (non-hydrogen) atoms. The molecule has 3 aromatic rings. The minimum atomic E-state index is -0.0244. The molecule has 2 heterocycles. The molecule has 5 heteroatoms. The number of carbonyl (C=O) groups excluding carboxylic acids is 1. The standard InChI is InChI=1S/C18H18N4O/c23-18(19-15-8-4-5-9-15)14-10-11-22-16(12-14)20-21-17(22)13-6-2-1-3-7-13/h1-3,6-7,10-12,15H,4-5,8-9H2,(H,19,23). The Hall–Kier alpha value is -2.69. The van der Waals surface area contributed by atoms with E-state index in [9.17, 15) is 4.79 Å². The van der Waals surface area contributed by atoms with Gasteiger partial charge in [-0.2, -0.15) is 0 Å². The number of pyridine rings is 1. The molecule has 1 saturated carbocycles. The lowest BCUT2D eigenvalue weighted by Gasteiger charge is -2.11. The molecule has 1 amide bonds. The first-order valence-electron chi connectivity index (χ1n) is 8.02. The number of nitrogens with one attached hydrogen (secondary N) is 1. The third-order valence-electron chi connectivity index (χ3n) is 4.39. The molecule has 1 fully saturated rings. The van der Waals surface area contributed by atoms with Gasteiger partial charge in [0.1, 0.15) is 0 Å². The lowest BCUT2D eigenvalue weighted by Crippen LogP contribution is -2.32. The number of aromatic nitrogens is 3. The summed E-state index contributed by atoms with van der Waals surface area (Å²) in [5, 5.41) is 11.6. The fraction of sp³-hybridized carbons (Fsp3) is 0.278. The number of fused-ring (bicyclic) bond motifs is 1. The molecule has 1 aromatic carbocycles. The van der Waals surface area contributed by atoms with Gasteiger partial charge in [-0.3, -0.25) is 9.20 Å². The number of amides is 1. The topological polar surface area (TPSA) is 59.3 Å². The maximum Gasteiger partial charge on any atom is 0.251 e. The molecule has 0 saturated heterocycles. The van der Waals surface area contributed by atoms with E-state index in [1.807, 2.05) is 47.0 Å². The van der Waals surface area contributed by atoms with Crippen LogP contribution in [0.2, 0.25) is 0 Å². The molecule has 2 aromatic heterocycles. The van der Waals surface area contributed by atoms with Crippen LogP contribution in [-0.4, -0.2) is 26.5 Å². The number of hydrogen-bond donors (Lipinski definition) is 1. The van der Waals surface area contributed by atoms with Gasteiger partial charge in [0.2, 0.25) is 0 Å². The Labute approximate surface area is 134 Å².